The number of alkyl halides is 3. The van der Waals surface area contributed by atoms with Gasteiger partial charge < -0.3 is 4.90 Å². The topological polar surface area (TPSA) is 78.4 Å². The van der Waals surface area contributed by atoms with Crippen molar-refractivity contribution in [2.45, 2.75) is 30.2 Å². The smallest absolute Gasteiger partial charge is 0.369 e. The maximum atomic E-state index is 13.9. The Morgan fingerprint density at radius 2 is 2.00 bits per heavy atom. The van der Waals surface area contributed by atoms with Crippen molar-refractivity contribution in [3.63, 3.8) is 0 Å². The second-order valence-corrected chi connectivity index (χ2v) is 10.1. The zero-order chi connectivity index (χ0) is 23.6. The van der Waals surface area contributed by atoms with Crippen LogP contribution in [0.3, 0.4) is 0 Å². The van der Waals surface area contributed by atoms with E-state index in [9.17, 15) is 21.6 Å². The molecule has 1 N–H and O–H groups in total. The molecular weight excluding hydrogens is 475 g/mol. The SMILES string of the molecule is CN(c1cnc(S(=O)(=O)Nc2cscn2)cc1C(F)(F)F)C1CCN(Cc2ccccc2)C1. The Hall–Kier alpha value is -2.70. The molecule has 3 heterocycles. The quantitative estimate of drug-likeness (QED) is 0.530. The Bertz CT molecular complexity index is 1190. The van der Waals surface area contributed by atoms with Gasteiger partial charge in [-0.05, 0) is 18.1 Å². The molecule has 176 valence electrons. The molecule has 1 atom stereocenters. The summed E-state index contributed by atoms with van der Waals surface area (Å²) in [6.07, 6.45) is -3.08. The third kappa shape index (κ3) is 5.45. The molecule has 0 spiro atoms. The largest absolute Gasteiger partial charge is 0.418 e. The number of hydrogen-bond donors (Lipinski definition) is 1. The molecule has 1 aliphatic heterocycles. The van der Waals surface area contributed by atoms with Crippen LogP contribution in [-0.2, 0) is 22.7 Å². The van der Waals surface area contributed by atoms with Crippen LogP contribution < -0.4 is 9.62 Å². The van der Waals surface area contributed by atoms with Gasteiger partial charge in [0.25, 0.3) is 10.0 Å². The molecule has 0 radical (unpaired) electrons. The summed E-state index contributed by atoms with van der Waals surface area (Å²) in [7, 11) is -2.73. The summed E-state index contributed by atoms with van der Waals surface area (Å²) in [6, 6.07) is 10.3. The van der Waals surface area contributed by atoms with Crippen LogP contribution in [0.2, 0.25) is 0 Å². The number of anilines is 2. The zero-order valence-electron chi connectivity index (χ0n) is 17.7. The molecule has 33 heavy (non-hydrogen) atoms. The van der Waals surface area contributed by atoms with Crippen molar-refractivity contribution < 1.29 is 21.6 Å². The van der Waals surface area contributed by atoms with E-state index < -0.39 is 26.8 Å². The van der Waals surface area contributed by atoms with Crippen molar-refractivity contribution in [3.05, 3.63) is 64.6 Å². The minimum Gasteiger partial charge on any atom is -0.369 e. The van der Waals surface area contributed by atoms with Crippen LogP contribution in [0.1, 0.15) is 17.5 Å². The minimum atomic E-state index is -4.75. The maximum Gasteiger partial charge on any atom is 0.418 e. The summed E-state index contributed by atoms with van der Waals surface area (Å²) in [5.74, 6) is 0.0287. The molecule has 3 aromatic rings. The van der Waals surface area contributed by atoms with Crippen LogP contribution in [0.15, 0.2) is 58.5 Å². The van der Waals surface area contributed by atoms with Gasteiger partial charge in [-0.2, -0.15) is 21.6 Å². The van der Waals surface area contributed by atoms with Gasteiger partial charge in [-0.1, -0.05) is 30.3 Å². The Labute approximate surface area is 194 Å². The number of rotatable bonds is 7. The highest BCUT2D eigenvalue weighted by Gasteiger charge is 2.38. The van der Waals surface area contributed by atoms with Crippen molar-refractivity contribution in [2.75, 3.05) is 29.8 Å². The van der Waals surface area contributed by atoms with Gasteiger partial charge in [-0.3, -0.25) is 9.62 Å². The number of thiazole rings is 1. The van der Waals surface area contributed by atoms with Gasteiger partial charge in [0, 0.05) is 38.1 Å². The Balaban J connectivity index is 1.55. The van der Waals surface area contributed by atoms with Gasteiger partial charge in [0.05, 0.1) is 23.0 Å². The van der Waals surface area contributed by atoms with Gasteiger partial charge in [0.1, 0.15) is 0 Å². The highest BCUT2D eigenvalue weighted by molar-refractivity contribution is 7.92. The fourth-order valence-electron chi connectivity index (χ4n) is 3.85. The molecule has 1 fully saturated rings. The number of benzene rings is 1. The first kappa shape index (κ1) is 23.5. The van der Waals surface area contributed by atoms with Crippen molar-refractivity contribution in [2.24, 2.45) is 0 Å². The van der Waals surface area contributed by atoms with E-state index in [1.54, 1.807) is 11.9 Å². The number of nitrogens with one attached hydrogen (secondary N) is 1. The molecule has 4 rings (SSSR count). The third-order valence-electron chi connectivity index (χ3n) is 5.53. The minimum absolute atomic E-state index is 0.0287. The summed E-state index contributed by atoms with van der Waals surface area (Å²) < 4.78 is 69.0. The van der Waals surface area contributed by atoms with E-state index in [2.05, 4.69) is 19.6 Å². The standard InChI is InChI=1S/C21H22F3N5O2S2/c1-28(16-7-8-29(12-16)11-15-5-3-2-4-6-15)18-10-25-20(9-17(18)21(22,23)24)33(30,31)27-19-13-32-14-26-19/h2-6,9-10,13-14,16,27H,7-8,11-12H2,1H3. The molecule has 1 aliphatic rings. The second-order valence-electron chi connectivity index (χ2n) is 7.79. The van der Waals surface area contributed by atoms with Crippen molar-refractivity contribution >= 4 is 32.9 Å². The normalized spacial score (nSPS) is 17.3. The van der Waals surface area contributed by atoms with Crippen LogP contribution in [0.25, 0.3) is 0 Å². The molecule has 2 aromatic heterocycles. The highest BCUT2D eigenvalue weighted by Crippen LogP contribution is 2.38. The molecule has 12 heteroatoms. The Morgan fingerprint density at radius 3 is 2.67 bits per heavy atom. The monoisotopic (exact) mass is 497 g/mol. The second kappa shape index (κ2) is 9.27. The molecule has 1 aromatic carbocycles. The number of sulfonamides is 1. The number of hydrogen-bond acceptors (Lipinski definition) is 7. The first-order chi connectivity index (χ1) is 15.6. The lowest BCUT2D eigenvalue weighted by atomic mass is 10.1. The van der Waals surface area contributed by atoms with Crippen molar-refractivity contribution in [1.82, 2.24) is 14.9 Å². The average Bonchev–Trinajstić information content (AvgIpc) is 3.45. The Morgan fingerprint density at radius 1 is 1.24 bits per heavy atom. The molecule has 0 amide bonds. The predicted octanol–water partition coefficient (Wildman–Crippen LogP) is 4.07. The fraction of sp³-hybridized carbons (Fsp3) is 0.333. The van der Waals surface area contributed by atoms with Gasteiger partial charge in [0.15, 0.2) is 10.8 Å². The van der Waals surface area contributed by atoms with Gasteiger partial charge >= 0.3 is 6.18 Å². The summed E-state index contributed by atoms with van der Waals surface area (Å²) in [4.78, 5) is 11.4. The molecule has 1 saturated heterocycles. The van der Waals surface area contributed by atoms with Gasteiger partial charge in [-0.25, -0.2) is 9.97 Å². The third-order valence-corrected chi connectivity index (χ3v) is 7.37. The van der Waals surface area contributed by atoms with Crippen LogP contribution in [0, 0.1) is 0 Å². The van der Waals surface area contributed by atoms with Gasteiger partial charge in [-0.15, -0.1) is 11.3 Å². The fourth-order valence-corrected chi connectivity index (χ4v) is 5.36. The number of aromatic nitrogens is 2. The predicted molar refractivity (Wildman–Crippen MR) is 121 cm³/mol. The van der Waals surface area contributed by atoms with E-state index in [1.165, 1.54) is 10.9 Å². The van der Waals surface area contributed by atoms with Crippen LogP contribution in [0.4, 0.5) is 24.7 Å². The average molecular weight is 498 g/mol. The molecule has 0 aliphatic carbocycles. The first-order valence-corrected chi connectivity index (χ1v) is 12.5. The van der Waals surface area contributed by atoms with E-state index in [4.69, 9.17) is 0 Å². The lowest BCUT2D eigenvalue weighted by Crippen LogP contribution is -2.36. The van der Waals surface area contributed by atoms with Crippen LogP contribution in [0.5, 0.6) is 0 Å². The van der Waals surface area contributed by atoms with E-state index >= 15 is 0 Å². The van der Waals surface area contributed by atoms with E-state index in [0.29, 0.717) is 19.0 Å². The lowest BCUT2D eigenvalue weighted by Gasteiger charge is -2.29. The number of likely N-dealkylation sites (N-methyl/N-ethyl adjacent to an activating group) is 1. The van der Waals surface area contributed by atoms with Crippen molar-refractivity contribution in [3.8, 4) is 0 Å². The van der Waals surface area contributed by atoms with E-state index in [-0.39, 0.29) is 17.5 Å². The molecular formula is C21H22F3N5O2S2. The first-order valence-electron chi connectivity index (χ1n) is 10.1. The summed E-state index contributed by atoms with van der Waals surface area (Å²) in [5.41, 5.74) is 1.36. The molecule has 7 nitrogen and oxygen atoms in total. The maximum absolute atomic E-state index is 13.9. The zero-order valence-corrected chi connectivity index (χ0v) is 19.3. The van der Waals surface area contributed by atoms with Gasteiger partial charge in [0.2, 0.25) is 0 Å². The summed E-state index contributed by atoms with van der Waals surface area (Å²) >= 11 is 1.15. The van der Waals surface area contributed by atoms with Crippen LogP contribution >= 0.6 is 11.3 Å². The van der Waals surface area contributed by atoms with Crippen LogP contribution in [-0.4, -0.2) is 49.5 Å². The molecule has 1 unspecified atom stereocenters. The number of pyridine rings is 1. The van der Waals surface area contributed by atoms with Crippen molar-refractivity contribution in [1.29, 1.82) is 0 Å². The molecule has 0 bridgehead atoms. The number of halogens is 3. The number of nitrogens with zero attached hydrogens (tertiary/aromatic N) is 4. The molecule has 0 saturated carbocycles. The number of likely N-dealkylation sites (tertiary alicyclic amines) is 1. The lowest BCUT2D eigenvalue weighted by molar-refractivity contribution is -0.137. The van der Waals surface area contributed by atoms with E-state index in [0.717, 1.165) is 36.2 Å². The Kier molecular flexibility index (Phi) is 6.59. The van der Waals surface area contributed by atoms with E-state index in [1.807, 2.05) is 30.3 Å². The highest BCUT2D eigenvalue weighted by atomic mass is 32.2. The summed E-state index contributed by atoms with van der Waals surface area (Å²) in [5, 5.41) is 0.725. The summed E-state index contributed by atoms with van der Waals surface area (Å²) in [6.45, 7) is 2.06.